The number of hydrogen-bond donors (Lipinski definition) is 0. The van der Waals surface area contributed by atoms with Gasteiger partial charge in [-0.15, -0.1) is 0 Å². The quantitative estimate of drug-likeness (QED) is 0.416. The zero-order valence-electron chi connectivity index (χ0n) is 17.2. The van der Waals surface area contributed by atoms with Gasteiger partial charge in [-0.1, -0.05) is 101 Å². The van der Waals surface area contributed by atoms with Crippen molar-refractivity contribution in [2.45, 2.75) is 52.4 Å². The fourth-order valence-corrected chi connectivity index (χ4v) is 4.48. The summed E-state index contributed by atoms with van der Waals surface area (Å²) in [6.07, 6.45) is 21.5. The maximum absolute atomic E-state index is 2.43. The average Bonchev–Trinajstić information content (AvgIpc) is 3.42. The van der Waals surface area contributed by atoms with Crippen LogP contribution in [0.4, 0.5) is 0 Å². The van der Waals surface area contributed by atoms with E-state index in [2.05, 4.69) is 87.7 Å². The Morgan fingerprint density at radius 1 is 0.929 bits per heavy atom. The molecule has 0 amide bonds. The van der Waals surface area contributed by atoms with Gasteiger partial charge in [0.05, 0.1) is 0 Å². The molecule has 2 aromatic rings. The first-order valence-corrected chi connectivity index (χ1v) is 10.9. The van der Waals surface area contributed by atoms with Crippen molar-refractivity contribution in [3.8, 4) is 0 Å². The Hall–Kier alpha value is -1.82. The summed E-state index contributed by atoms with van der Waals surface area (Å²) in [4.78, 5) is 0. The van der Waals surface area contributed by atoms with Crippen LogP contribution in [-0.2, 0) is 0 Å². The third-order valence-corrected chi connectivity index (χ3v) is 6.17. The van der Waals surface area contributed by atoms with Crippen LogP contribution in [0.15, 0.2) is 54.6 Å². The topological polar surface area (TPSA) is 0 Å². The normalized spacial score (nSPS) is 18.9. The van der Waals surface area contributed by atoms with Crippen molar-refractivity contribution in [3.05, 3.63) is 96.9 Å². The molecule has 143 valence electrons. The maximum atomic E-state index is 2.43. The van der Waals surface area contributed by atoms with Crippen LogP contribution in [0.25, 0.3) is 16.3 Å². The highest BCUT2D eigenvalue weighted by Gasteiger charge is 2.32. The van der Waals surface area contributed by atoms with Crippen LogP contribution < -0.4 is 0 Å². The van der Waals surface area contributed by atoms with Gasteiger partial charge in [0, 0.05) is 5.92 Å². The van der Waals surface area contributed by atoms with Gasteiger partial charge in [0.2, 0.25) is 0 Å². The summed E-state index contributed by atoms with van der Waals surface area (Å²) in [7, 11) is 0. The molecule has 0 bridgehead atoms. The molecule has 1 atom stereocenters. The van der Waals surface area contributed by atoms with Crippen LogP contribution >= 0.6 is 0 Å². The highest BCUT2D eigenvalue weighted by atomic mass is 14.4. The molecule has 0 aliphatic heterocycles. The molecule has 2 aliphatic carbocycles. The van der Waals surface area contributed by atoms with Gasteiger partial charge in [-0.05, 0) is 65.0 Å². The second-order valence-electron chi connectivity index (χ2n) is 8.22. The van der Waals surface area contributed by atoms with Crippen molar-refractivity contribution in [1.82, 2.24) is 0 Å². The fourth-order valence-electron chi connectivity index (χ4n) is 4.48. The van der Waals surface area contributed by atoms with E-state index in [4.69, 9.17) is 0 Å². The second-order valence-corrected chi connectivity index (χ2v) is 8.22. The Bertz CT molecular complexity index is 848. The van der Waals surface area contributed by atoms with Gasteiger partial charge in [0.25, 0.3) is 0 Å². The summed E-state index contributed by atoms with van der Waals surface area (Å²) in [5, 5.41) is 2.73. The van der Waals surface area contributed by atoms with E-state index in [1.807, 2.05) is 0 Å². The minimum atomic E-state index is 0.641. The van der Waals surface area contributed by atoms with Crippen LogP contribution in [0.2, 0.25) is 0 Å². The number of fused-ring (bicyclic) bond motifs is 1. The van der Waals surface area contributed by atoms with Crippen molar-refractivity contribution in [1.29, 1.82) is 0 Å². The molecule has 4 rings (SSSR count). The summed E-state index contributed by atoms with van der Waals surface area (Å²) in [6, 6.07) is 13.4. The van der Waals surface area contributed by atoms with E-state index in [1.165, 1.54) is 71.4 Å². The fraction of sp³-hybridized carbons (Fsp3) is 0.321. The summed E-state index contributed by atoms with van der Waals surface area (Å²) >= 11 is 0. The van der Waals surface area contributed by atoms with Crippen LogP contribution in [0.5, 0.6) is 0 Å². The van der Waals surface area contributed by atoms with Crippen LogP contribution in [0.3, 0.4) is 0 Å². The average molecular weight is 368 g/mol. The highest BCUT2D eigenvalue weighted by Crippen LogP contribution is 2.44. The zero-order chi connectivity index (χ0) is 19.3. The lowest BCUT2D eigenvalue weighted by Gasteiger charge is -2.20. The minimum Gasteiger partial charge on any atom is -0.0801 e. The molecule has 5 radical (unpaired) electrons. The molecule has 0 nitrogen and oxygen atoms in total. The van der Waals surface area contributed by atoms with Crippen molar-refractivity contribution >= 4 is 16.3 Å². The molecular weight excluding hydrogens is 336 g/mol. The molecule has 1 saturated carbocycles. The monoisotopic (exact) mass is 367 g/mol. The molecule has 0 aromatic heterocycles. The van der Waals surface area contributed by atoms with Crippen LogP contribution in [-0.4, -0.2) is 0 Å². The van der Waals surface area contributed by atoms with E-state index in [1.54, 1.807) is 0 Å². The number of unbranched alkanes of at least 4 members (excludes halogenated alkanes) is 3. The smallest absolute Gasteiger partial charge is 0.0134 e. The zero-order valence-corrected chi connectivity index (χ0v) is 17.2. The molecular formula is C28H31. The van der Waals surface area contributed by atoms with Crippen molar-refractivity contribution in [3.63, 3.8) is 0 Å². The van der Waals surface area contributed by atoms with Gasteiger partial charge in [-0.2, -0.15) is 0 Å². The van der Waals surface area contributed by atoms with Crippen molar-refractivity contribution in [2.24, 2.45) is 5.92 Å². The SMILES string of the molecule is CCCCCCC(C)[C]1[CH][CH][C](c2cccc3cccc(C4=CC=CC4)c23)[CH]1. The van der Waals surface area contributed by atoms with E-state index in [-0.39, 0.29) is 0 Å². The van der Waals surface area contributed by atoms with Gasteiger partial charge < -0.3 is 0 Å². The van der Waals surface area contributed by atoms with Gasteiger partial charge in [-0.3, -0.25) is 0 Å². The third kappa shape index (κ3) is 4.12. The van der Waals surface area contributed by atoms with E-state index in [0.717, 1.165) is 6.42 Å². The molecule has 0 saturated heterocycles. The molecule has 1 unspecified atom stereocenters. The van der Waals surface area contributed by atoms with Gasteiger partial charge >= 0.3 is 0 Å². The molecule has 0 spiro atoms. The first kappa shape index (κ1) is 19.5. The molecule has 2 aromatic carbocycles. The summed E-state index contributed by atoms with van der Waals surface area (Å²) in [5.41, 5.74) is 4.17. The van der Waals surface area contributed by atoms with E-state index >= 15 is 0 Å². The molecule has 28 heavy (non-hydrogen) atoms. The number of allylic oxidation sites excluding steroid dienone is 4. The van der Waals surface area contributed by atoms with E-state index in [9.17, 15) is 0 Å². The molecule has 0 heterocycles. The molecule has 2 aliphatic rings. The van der Waals surface area contributed by atoms with E-state index in [0.29, 0.717) is 5.92 Å². The number of benzene rings is 2. The largest absolute Gasteiger partial charge is 0.0801 e. The summed E-state index contributed by atoms with van der Waals surface area (Å²) < 4.78 is 0. The van der Waals surface area contributed by atoms with Crippen molar-refractivity contribution < 1.29 is 0 Å². The van der Waals surface area contributed by atoms with Crippen molar-refractivity contribution in [2.75, 3.05) is 0 Å². The standard InChI is InChI=1S/C28H31/c1-3-4-5-6-11-21(2)24-18-19-25(20-24)27-17-10-15-23-14-9-16-26(28(23)27)22-12-7-8-13-22/h7-10,12,14-21H,3-6,11,13H2,1-2H3. The van der Waals surface area contributed by atoms with Crippen LogP contribution in [0.1, 0.15) is 63.5 Å². The third-order valence-electron chi connectivity index (χ3n) is 6.17. The molecule has 0 heteroatoms. The summed E-state index contributed by atoms with van der Waals surface area (Å²) in [6.45, 7) is 4.66. The molecule has 0 N–H and O–H groups in total. The highest BCUT2D eigenvalue weighted by molar-refractivity contribution is 5.99. The van der Waals surface area contributed by atoms with Gasteiger partial charge in [0.1, 0.15) is 0 Å². The minimum absolute atomic E-state index is 0.641. The molecule has 1 fully saturated rings. The lowest BCUT2D eigenvalue weighted by atomic mass is 9.84. The second kappa shape index (κ2) is 9.12. The van der Waals surface area contributed by atoms with Gasteiger partial charge in [0.15, 0.2) is 0 Å². The van der Waals surface area contributed by atoms with Gasteiger partial charge in [-0.25, -0.2) is 0 Å². The Labute approximate surface area is 171 Å². The lowest BCUT2D eigenvalue weighted by Crippen LogP contribution is -2.07. The van der Waals surface area contributed by atoms with Crippen LogP contribution in [0, 0.1) is 37.0 Å². The summed E-state index contributed by atoms with van der Waals surface area (Å²) in [5.74, 6) is 3.49. The predicted molar refractivity (Wildman–Crippen MR) is 122 cm³/mol. The lowest BCUT2D eigenvalue weighted by molar-refractivity contribution is 0.519. The first-order chi connectivity index (χ1) is 13.8. The number of hydrogen-bond acceptors (Lipinski definition) is 0. The predicted octanol–water partition coefficient (Wildman–Crippen LogP) is 7.91. The first-order valence-electron chi connectivity index (χ1n) is 10.9. The van der Waals surface area contributed by atoms with E-state index < -0.39 is 0 Å². The number of rotatable bonds is 8. The Morgan fingerprint density at radius 2 is 1.75 bits per heavy atom. The Morgan fingerprint density at radius 3 is 2.50 bits per heavy atom. The Balaban J connectivity index is 1.53. The Kier molecular flexibility index (Phi) is 6.35. The maximum Gasteiger partial charge on any atom is 0.0134 e.